The number of carbonyl (C=O) groups excluding carboxylic acids is 1. The molecule has 5 aromatic rings. The van der Waals surface area contributed by atoms with E-state index in [-0.39, 0.29) is 17.2 Å². The van der Waals surface area contributed by atoms with E-state index < -0.39 is 0 Å². The average Bonchev–Trinajstić information content (AvgIpc) is 3.45. The molecular formula is C23H19ClN6O2S2. The normalized spacial score (nSPS) is 11.3. The third-order valence-corrected chi connectivity index (χ3v) is 7.57. The van der Waals surface area contributed by atoms with Crippen LogP contribution in [-0.2, 0) is 17.9 Å². The van der Waals surface area contributed by atoms with E-state index >= 15 is 0 Å². The van der Waals surface area contributed by atoms with Gasteiger partial charge in [0.15, 0.2) is 9.99 Å². The molecule has 0 saturated carbocycles. The minimum atomic E-state index is -0.164. The zero-order chi connectivity index (χ0) is 23.5. The number of nitrogens with one attached hydrogen (secondary N) is 1. The molecular weight excluding hydrogens is 492 g/mol. The summed E-state index contributed by atoms with van der Waals surface area (Å²) in [7, 11) is 0. The number of aromatic nitrogens is 5. The van der Waals surface area contributed by atoms with Crippen molar-refractivity contribution in [1.82, 2.24) is 29.6 Å². The predicted molar refractivity (Wildman–Crippen MR) is 136 cm³/mol. The van der Waals surface area contributed by atoms with E-state index in [1.807, 2.05) is 36.4 Å². The first kappa shape index (κ1) is 22.6. The summed E-state index contributed by atoms with van der Waals surface area (Å²) < 4.78 is 5.15. The van der Waals surface area contributed by atoms with E-state index in [9.17, 15) is 9.59 Å². The van der Waals surface area contributed by atoms with Gasteiger partial charge >= 0.3 is 0 Å². The van der Waals surface area contributed by atoms with Gasteiger partial charge in [-0.25, -0.2) is 14.6 Å². The molecule has 0 aliphatic heterocycles. The van der Waals surface area contributed by atoms with Crippen molar-refractivity contribution in [3.8, 4) is 0 Å². The van der Waals surface area contributed by atoms with Crippen LogP contribution in [0.2, 0.25) is 5.02 Å². The van der Waals surface area contributed by atoms with Gasteiger partial charge in [-0.1, -0.05) is 47.6 Å². The number of amides is 1. The molecule has 0 bridgehead atoms. The van der Waals surface area contributed by atoms with E-state index in [1.54, 1.807) is 32.7 Å². The molecule has 0 unspecified atom stereocenters. The van der Waals surface area contributed by atoms with Gasteiger partial charge in [0.05, 0.1) is 35.3 Å². The van der Waals surface area contributed by atoms with Crippen molar-refractivity contribution in [3.63, 3.8) is 0 Å². The van der Waals surface area contributed by atoms with Gasteiger partial charge in [-0.05, 0) is 29.8 Å². The predicted octanol–water partition coefficient (Wildman–Crippen LogP) is 3.81. The minimum Gasteiger partial charge on any atom is -0.354 e. The molecule has 3 heterocycles. The number of carbonyl (C=O) groups is 1. The Morgan fingerprint density at radius 1 is 1.15 bits per heavy atom. The lowest BCUT2D eigenvalue weighted by Crippen LogP contribution is -2.29. The highest BCUT2D eigenvalue weighted by atomic mass is 35.5. The zero-order valence-corrected chi connectivity index (χ0v) is 20.2. The van der Waals surface area contributed by atoms with Crippen molar-refractivity contribution in [2.24, 2.45) is 0 Å². The third kappa shape index (κ3) is 4.98. The summed E-state index contributed by atoms with van der Waals surface area (Å²) in [6, 6.07) is 15.2. The van der Waals surface area contributed by atoms with Crippen LogP contribution in [0, 0.1) is 0 Å². The van der Waals surface area contributed by atoms with Crippen LogP contribution in [0.4, 0.5) is 0 Å². The maximum Gasteiger partial charge on any atom is 0.264 e. The monoisotopic (exact) mass is 510 g/mol. The molecule has 0 aliphatic carbocycles. The summed E-state index contributed by atoms with van der Waals surface area (Å²) >= 11 is 8.92. The van der Waals surface area contributed by atoms with Crippen molar-refractivity contribution < 1.29 is 4.79 Å². The summed E-state index contributed by atoms with van der Waals surface area (Å²) in [4.78, 5) is 34.1. The number of benzene rings is 2. The Hall–Kier alpha value is -3.21. The number of thioether (sulfide) groups is 1. The molecule has 1 amide bonds. The first-order valence-electron chi connectivity index (χ1n) is 10.5. The summed E-state index contributed by atoms with van der Waals surface area (Å²) in [6.45, 7) is 1.19. The summed E-state index contributed by atoms with van der Waals surface area (Å²) in [5, 5.41) is 8.26. The lowest BCUT2D eigenvalue weighted by Gasteiger charge is -2.07. The number of hydrogen-bond donors (Lipinski definition) is 1. The van der Waals surface area contributed by atoms with Gasteiger partial charge < -0.3 is 5.32 Å². The van der Waals surface area contributed by atoms with E-state index in [0.717, 1.165) is 20.1 Å². The number of rotatable bonds is 8. The first-order valence-corrected chi connectivity index (χ1v) is 12.7. The maximum absolute atomic E-state index is 12.8. The SMILES string of the molecule is O=C(CSc1nc2ccccc2s1)NCCn1ncc2c(=O)n(Cc3ccc(Cl)cc3)cnc21. The molecule has 0 spiro atoms. The Balaban J connectivity index is 1.17. The summed E-state index contributed by atoms with van der Waals surface area (Å²) in [5.41, 5.74) is 2.23. The number of fused-ring (bicyclic) bond motifs is 2. The van der Waals surface area contributed by atoms with Gasteiger partial charge in [-0.3, -0.25) is 14.2 Å². The third-order valence-electron chi connectivity index (χ3n) is 5.14. The molecule has 2 aromatic carbocycles. The fraction of sp³-hybridized carbons (Fsp3) is 0.174. The van der Waals surface area contributed by atoms with E-state index in [1.165, 1.54) is 24.3 Å². The van der Waals surface area contributed by atoms with E-state index in [4.69, 9.17) is 11.6 Å². The van der Waals surface area contributed by atoms with Crippen LogP contribution in [0.15, 0.2) is 70.2 Å². The molecule has 34 heavy (non-hydrogen) atoms. The standard InChI is InChI=1S/C23H19ClN6O2S2/c24-16-7-5-15(6-8-16)12-29-14-26-21-17(22(29)32)11-27-30(21)10-9-25-20(31)13-33-23-28-18-3-1-2-4-19(18)34-23/h1-8,11,14H,9-10,12-13H2,(H,25,31). The number of nitrogens with zero attached hydrogens (tertiary/aromatic N) is 5. The second kappa shape index (κ2) is 9.96. The van der Waals surface area contributed by atoms with Gasteiger partial charge in [0.2, 0.25) is 5.91 Å². The fourth-order valence-corrected chi connectivity index (χ4v) is 5.48. The van der Waals surface area contributed by atoms with Crippen molar-refractivity contribution in [3.05, 3.63) is 82.0 Å². The lowest BCUT2D eigenvalue weighted by atomic mass is 10.2. The number of hydrogen-bond acceptors (Lipinski definition) is 7. The largest absolute Gasteiger partial charge is 0.354 e. The van der Waals surface area contributed by atoms with Gasteiger partial charge in [0.1, 0.15) is 11.7 Å². The minimum absolute atomic E-state index is 0.0843. The number of para-hydroxylation sites is 1. The Morgan fingerprint density at radius 2 is 1.97 bits per heavy atom. The number of thiazole rings is 1. The highest BCUT2D eigenvalue weighted by Crippen LogP contribution is 2.29. The van der Waals surface area contributed by atoms with Crippen LogP contribution in [0.3, 0.4) is 0 Å². The van der Waals surface area contributed by atoms with Gasteiger partial charge in [-0.2, -0.15) is 5.10 Å². The van der Waals surface area contributed by atoms with Crippen LogP contribution >= 0.6 is 34.7 Å². The van der Waals surface area contributed by atoms with Gasteiger partial charge in [0.25, 0.3) is 5.56 Å². The molecule has 11 heteroatoms. The number of halogens is 1. The zero-order valence-electron chi connectivity index (χ0n) is 17.8. The molecule has 0 radical (unpaired) electrons. The second-order valence-electron chi connectivity index (χ2n) is 7.50. The fourth-order valence-electron chi connectivity index (χ4n) is 3.45. The smallest absolute Gasteiger partial charge is 0.264 e. The Labute approximate surface area is 207 Å². The Bertz CT molecular complexity index is 1490. The molecule has 0 atom stereocenters. The van der Waals surface area contributed by atoms with E-state index in [2.05, 4.69) is 20.4 Å². The van der Waals surface area contributed by atoms with Crippen molar-refractivity contribution in [1.29, 1.82) is 0 Å². The maximum atomic E-state index is 12.8. The van der Waals surface area contributed by atoms with E-state index in [0.29, 0.717) is 35.7 Å². The first-order chi connectivity index (χ1) is 16.6. The average molecular weight is 511 g/mol. The molecule has 8 nitrogen and oxygen atoms in total. The van der Waals surface area contributed by atoms with Crippen molar-refractivity contribution in [2.75, 3.05) is 12.3 Å². The quantitative estimate of drug-likeness (QED) is 0.319. The molecule has 0 saturated heterocycles. The lowest BCUT2D eigenvalue weighted by molar-refractivity contribution is -0.118. The van der Waals surface area contributed by atoms with Crippen molar-refractivity contribution >= 4 is 61.9 Å². The molecule has 172 valence electrons. The van der Waals surface area contributed by atoms with Crippen LogP contribution in [0.1, 0.15) is 5.56 Å². The van der Waals surface area contributed by atoms with Gasteiger partial charge in [0, 0.05) is 11.6 Å². The van der Waals surface area contributed by atoms with Crippen LogP contribution in [0.25, 0.3) is 21.3 Å². The highest BCUT2D eigenvalue weighted by molar-refractivity contribution is 8.01. The summed E-state index contributed by atoms with van der Waals surface area (Å²) in [6.07, 6.45) is 3.04. The summed E-state index contributed by atoms with van der Waals surface area (Å²) in [5.74, 6) is 0.201. The molecule has 3 aromatic heterocycles. The second-order valence-corrected chi connectivity index (χ2v) is 10.2. The Kier molecular flexibility index (Phi) is 6.61. The highest BCUT2D eigenvalue weighted by Gasteiger charge is 2.12. The van der Waals surface area contributed by atoms with Crippen molar-refractivity contribution in [2.45, 2.75) is 17.4 Å². The van der Waals surface area contributed by atoms with Crippen LogP contribution in [0.5, 0.6) is 0 Å². The molecule has 1 N–H and O–H groups in total. The van der Waals surface area contributed by atoms with Crippen LogP contribution in [-0.4, -0.2) is 42.5 Å². The Morgan fingerprint density at radius 3 is 2.79 bits per heavy atom. The molecule has 0 aliphatic rings. The topological polar surface area (TPSA) is 94.7 Å². The molecule has 5 rings (SSSR count). The molecule has 0 fully saturated rings. The van der Waals surface area contributed by atoms with Gasteiger partial charge in [-0.15, -0.1) is 11.3 Å². The van der Waals surface area contributed by atoms with Crippen LogP contribution < -0.4 is 10.9 Å².